The summed E-state index contributed by atoms with van der Waals surface area (Å²) in [7, 11) is 0. The normalized spacial score (nSPS) is 11.5. The fourth-order valence-corrected chi connectivity index (χ4v) is 2.21. The third-order valence-electron chi connectivity index (χ3n) is 3.24. The van der Waals surface area contributed by atoms with Crippen LogP contribution in [-0.4, -0.2) is 17.4 Å². The quantitative estimate of drug-likeness (QED) is 0.771. The van der Waals surface area contributed by atoms with E-state index in [2.05, 4.69) is 15.6 Å². The molecule has 1 aromatic carbocycles. The molecular weight excluding hydrogens is 355 g/mol. The highest BCUT2D eigenvalue weighted by Gasteiger charge is 2.34. The van der Waals surface area contributed by atoms with Crippen molar-refractivity contribution in [3.05, 3.63) is 52.8 Å². The van der Waals surface area contributed by atoms with Crippen LogP contribution in [-0.2, 0) is 6.18 Å². The number of anilines is 2. The van der Waals surface area contributed by atoms with Gasteiger partial charge in [0, 0.05) is 23.5 Å². The molecule has 0 radical (unpaired) electrons. The summed E-state index contributed by atoms with van der Waals surface area (Å²) in [4.78, 5) is 16.2. The lowest BCUT2D eigenvalue weighted by Gasteiger charge is -2.14. The predicted octanol–water partition coefficient (Wildman–Crippen LogP) is 5.07. The van der Waals surface area contributed by atoms with Crippen molar-refractivity contribution in [2.45, 2.75) is 20.0 Å². The molecule has 0 saturated heterocycles. The summed E-state index contributed by atoms with van der Waals surface area (Å²) < 4.78 is 39.3. The fraction of sp³-hybridized carbons (Fsp3) is 0.294. The van der Waals surface area contributed by atoms with Crippen LogP contribution in [0.3, 0.4) is 0 Å². The van der Waals surface area contributed by atoms with Gasteiger partial charge in [-0.2, -0.15) is 13.2 Å². The molecule has 0 aliphatic carbocycles. The number of carbonyl (C=O) groups is 1. The molecule has 2 aromatic rings. The van der Waals surface area contributed by atoms with Crippen molar-refractivity contribution in [1.82, 2.24) is 4.98 Å². The zero-order valence-corrected chi connectivity index (χ0v) is 14.4. The minimum atomic E-state index is -4.64. The van der Waals surface area contributed by atoms with Crippen molar-refractivity contribution in [2.24, 2.45) is 5.92 Å². The van der Waals surface area contributed by atoms with Crippen LogP contribution in [0.5, 0.6) is 0 Å². The first kappa shape index (κ1) is 19.1. The topological polar surface area (TPSA) is 54.0 Å². The summed E-state index contributed by atoms with van der Waals surface area (Å²) in [6, 6.07) is 6.33. The Balaban J connectivity index is 2.22. The first-order valence-electron chi connectivity index (χ1n) is 7.55. The Morgan fingerprint density at radius 1 is 1.24 bits per heavy atom. The van der Waals surface area contributed by atoms with Crippen LogP contribution in [0.2, 0.25) is 5.02 Å². The number of nitrogens with one attached hydrogen (secondary N) is 2. The standard InChI is InChI=1S/C17H17ClF3N3O/c1-10(2)9-23-12-5-6-22-15(8-12)16(25)24-14-4-3-11(18)7-13(14)17(19,20)21/h3-8,10H,9H2,1-2H3,(H,22,23)(H,24,25). The maximum absolute atomic E-state index is 13.1. The van der Waals surface area contributed by atoms with Crippen molar-refractivity contribution < 1.29 is 18.0 Å². The van der Waals surface area contributed by atoms with Gasteiger partial charge in [-0.05, 0) is 36.2 Å². The van der Waals surface area contributed by atoms with Gasteiger partial charge in [0.25, 0.3) is 5.91 Å². The third kappa shape index (κ3) is 5.35. The van der Waals surface area contributed by atoms with Crippen LogP contribution in [0.25, 0.3) is 0 Å². The summed E-state index contributed by atoms with van der Waals surface area (Å²) in [5, 5.41) is 5.31. The first-order valence-corrected chi connectivity index (χ1v) is 7.92. The molecule has 134 valence electrons. The maximum atomic E-state index is 13.1. The molecule has 1 heterocycles. The fourth-order valence-electron chi connectivity index (χ4n) is 2.03. The highest BCUT2D eigenvalue weighted by atomic mass is 35.5. The molecule has 25 heavy (non-hydrogen) atoms. The summed E-state index contributed by atoms with van der Waals surface area (Å²) in [6.07, 6.45) is -3.22. The third-order valence-corrected chi connectivity index (χ3v) is 3.48. The Labute approximate surface area is 148 Å². The van der Waals surface area contributed by atoms with E-state index in [1.165, 1.54) is 18.3 Å². The first-order chi connectivity index (χ1) is 11.7. The van der Waals surface area contributed by atoms with Gasteiger partial charge < -0.3 is 10.6 Å². The van der Waals surface area contributed by atoms with Gasteiger partial charge in [-0.1, -0.05) is 25.4 Å². The SMILES string of the molecule is CC(C)CNc1ccnc(C(=O)Nc2ccc(Cl)cc2C(F)(F)F)c1. The van der Waals surface area contributed by atoms with E-state index in [1.54, 1.807) is 6.07 Å². The van der Waals surface area contributed by atoms with Gasteiger partial charge in [0.05, 0.1) is 11.3 Å². The number of hydrogen-bond acceptors (Lipinski definition) is 3. The zero-order chi connectivity index (χ0) is 18.6. The van der Waals surface area contributed by atoms with Crippen molar-refractivity contribution >= 4 is 28.9 Å². The summed E-state index contributed by atoms with van der Waals surface area (Å²) >= 11 is 5.62. The molecular formula is C17H17ClF3N3O. The molecule has 0 fully saturated rings. The van der Waals surface area contributed by atoms with Gasteiger partial charge in [-0.3, -0.25) is 9.78 Å². The van der Waals surface area contributed by atoms with Crippen LogP contribution in [0, 0.1) is 5.92 Å². The molecule has 1 aromatic heterocycles. The van der Waals surface area contributed by atoms with Crippen LogP contribution < -0.4 is 10.6 Å². The number of carbonyl (C=O) groups excluding carboxylic acids is 1. The van der Waals surface area contributed by atoms with Gasteiger partial charge in [-0.15, -0.1) is 0 Å². The second-order valence-corrected chi connectivity index (χ2v) is 6.28. The molecule has 8 heteroatoms. The minimum absolute atomic E-state index is 0.0110. The van der Waals surface area contributed by atoms with E-state index in [-0.39, 0.29) is 16.4 Å². The summed E-state index contributed by atoms with van der Waals surface area (Å²) in [5.41, 5.74) is -0.704. The van der Waals surface area contributed by atoms with Gasteiger partial charge >= 0.3 is 6.18 Å². The Bertz CT molecular complexity index is 763. The number of benzene rings is 1. The smallest absolute Gasteiger partial charge is 0.385 e. The molecule has 0 atom stereocenters. The minimum Gasteiger partial charge on any atom is -0.385 e. The van der Waals surface area contributed by atoms with Gasteiger partial charge in [0.2, 0.25) is 0 Å². The molecule has 2 N–H and O–H groups in total. The summed E-state index contributed by atoms with van der Waals surface area (Å²) in [5.74, 6) is -0.338. The van der Waals surface area contributed by atoms with Crippen LogP contribution in [0.15, 0.2) is 36.5 Å². The largest absolute Gasteiger partial charge is 0.418 e. The van der Waals surface area contributed by atoms with Gasteiger partial charge in [0.15, 0.2) is 0 Å². The van der Waals surface area contributed by atoms with E-state index in [0.29, 0.717) is 18.2 Å². The number of alkyl halides is 3. The monoisotopic (exact) mass is 371 g/mol. The summed E-state index contributed by atoms with van der Waals surface area (Å²) in [6.45, 7) is 4.75. The number of rotatable bonds is 5. The highest BCUT2D eigenvalue weighted by molar-refractivity contribution is 6.30. The second kappa shape index (κ2) is 7.74. The second-order valence-electron chi connectivity index (χ2n) is 5.85. The Morgan fingerprint density at radius 2 is 1.96 bits per heavy atom. The predicted molar refractivity (Wildman–Crippen MR) is 92.0 cm³/mol. The van der Waals surface area contributed by atoms with Crippen LogP contribution in [0.4, 0.5) is 24.5 Å². The molecule has 0 bridgehead atoms. The lowest BCUT2D eigenvalue weighted by molar-refractivity contribution is -0.136. The molecule has 1 amide bonds. The van der Waals surface area contributed by atoms with Crippen LogP contribution in [0.1, 0.15) is 29.9 Å². The van der Waals surface area contributed by atoms with Crippen molar-refractivity contribution in [2.75, 3.05) is 17.2 Å². The van der Waals surface area contributed by atoms with E-state index < -0.39 is 17.6 Å². The van der Waals surface area contributed by atoms with E-state index in [9.17, 15) is 18.0 Å². The average Bonchev–Trinajstić information content (AvgIpc) is 2.54. The maximum Gasteiger partial charge on any atom is 0.418 e. The zero-order valence-electron chi connectivity index (χ0n) is 13.6. The number of hydrogen-bond donors (Lipinski definition) is 2. The Hall–Kier alpha value is -2.28. The number of aromatic nitrogens is 1. The molecule has 0 aliphatic rings. The van der Waals surface area contributed by atoms with Crippen molar-refractivity contribution in [1.29, 1.82) is 0 Å². The Morgan fingerprint density at radius 3 is 2.60 bits per heavy atom. The molecule has 2 rings (SSSR count). The molecule has 0 spiro atoms. The highest BCUT2D eigenvalue weighted by Crippen LogP contribution is 2.36. The van der Waals surface area contributed by atoms with E-state index >= 15 is 0 Å². The molecule has 0 aliphatic heterocycles. The van der Waals surface area contributed by atoms with Gasteiger partial charge in [0.1, 0.15) is 5.69 Å². The average molecular weight is 372 g/mol. The lowest BCUT2D eigenvalue weighted by Crippen LogP contribution is -2.18. The van der Waals surface area contributed by atoms with E-state index in [4.69, 9.17) is 11.6 Å². The molecule has 4 nitrogen and oxygen atoms in total. The number of nitrogens with zero attached hydrogens (tertiary/aromatic N) is 1. The van der Waals surface area contributed by atoms with Crippen LogP contribution >= 0.6 is 11.6 Å². The van der Waals surface area contributed by atoms with Crippen molar-refractivity contribution in [3.8, 4) is 0 Å². The Kier molecular flexibility index (Phi) is 5.89. The van der Waals surface area contributed by atoms with E-state index in [1.807, 2.05) is 13.8 Å². The van der Waals surface area contributed by atoms with Crippen molar-refractivity contribution in [3.63, 3.8) is 0 Å². The molecule has 0 saturated carbocycles. The van der Waals surface area contributed by atoms with Gasteiger partial charge in [-0.25, -0.2) is 0 Å². The number of amides is 1. The van der Waals surface area contributed by atoms with E-state index in [0.717, 1.165) is 12.1 Å². The molecule has 0 unspecified atom stereocenters. The number of halogens is 4. The lowest BCUT2D eigenvalue weighted by atomic mass is 10.1. The number of pyridine rings is 1.